The number of pyridine rings is 2. The van der Waals surface area contributed by atoms with Gasteiger partial charge in [0.05, 0.1) is 31.6 Å². The summed E-state index contributed by atoms with van der Waals surface area (Å²) in [5.74, 6) is 1.40. The molecule has 0 spiro atoms. The number of nitrogens with one attached hydrogen (secondary N) is 1. The lowest BCUT2D eigenvalue weighted by Crippen LogP contribution is -2.20. The van der Waals surface area contributed by atoms with E-state index in [2.05, 4.69) is 15.3 Å². The zero-order valence-electron chi connectivity index (χ0n) is 16.4. The van der Waals surface area contributed by atoms with Crippen molar-refractivity contribution in [1.82, 2.24) is 9.97 Å². The van der Waals surface area contributed by atoms with Crippen LogP contribution in [-0.4, -0.2) is 29.5 Å². The van der Waals surface area contributed by atoms with E-state index in [0.717, 1.165) is 11.1 Å². The Labute approximate surface area is 169 Å². The van der Waals surface area contributed by atoms with E-state index in [1.807, 2.05) is 42.2 Å². The van der Waals surface area contributed by atoms with E-state index in [-0.39, 0.29) is 5.91 Å². The van der Waals surface area contributed by atoms with Crippen LogP contribution in [0.15, 0.2) is 54.7 Å². The summed E-state index contributed by atoms with van der Waals surface area (Å²) in [5, 5.41) is 2.99. The van der Waals surface area contributed by atoms with E-state index in [0.29, 0.717) is 48.5 Å². The molecule has 4 rings (SSSR count). The third-order valence-corrected chi connectivity index (χ3v) is 4.73. The topological polar surface area (TPSA) is 76.6 Å². The number of rotatable bonds is 6. The van der Waals surface area contributed by atoms with Gasteiger partial charge < -0.3 is 19.7 Å². The number of anilines is 3. The van der Waals surface area contributed by atoms with E-state index in [4.69, 9.17) is 9.47 Å². The minimum absolute atomic E-state index is 0.221. The molecule has 0 saturated heterocycles. The highest BCUT2D eigenvalue weighted by molar-refractivity contribution is 6.11. The van der Waals surface area contributed by atoms with E-state index in [1.54, 1.807) is 31.5 Å². The van der Waals surface area contributed by atoms with Crippen LogP contribution in [0.1, 0.15) is 28.4 Å². The van der Waals surface area contributed by atoms with Gasteiger partial charge in [-0.1, -0.05) is 30.3 Å². The zero-order chi connectivity index (χ0) is 20.2. The highest BCUT2D eigenvalue weighted by atomic mass is 16.5. The summed E-state index contributed by atoms with van der Waals surface area (Å²) in [7, 11) is 1.57. The third kappa shape index (κ3) is 3.77. The summed E-state index contributed by atoms with van der Waals surface area (Å²) in [6, 6.07) is 15.2. The van der Waals surface area contributed by atoms with Gasteiger partial charge in [-0.2, -0.15) is 4.98 Å². The van der Waals surface area contributed by atoms with Crippen LogP contribution in [0, 0.1) is 0 Å². The van der Waals surface area contributed by atoms with Crippen LogP contribution in [0.5, 0.6) is 5.88 Å². The largest absolute Gasteiger partial charge is 0.481 e. The number of methoxy groups -OCH3 is 1. The van der Waals surface area contributed by atoms with Crippen LogP contribution in [0.3, 0.4) is 0 Å². The monoisotopic (exact) mass is 390 g/mol. The fraction of sp³-hybridized carbons (Fsp3) is 0.227. The Morgan fingerprint density at radius 3 is 2.66 bits per heavy atom. The molecule has 0 atom stereocenters. The van der Waals surface area contributed by atoms with Crippen molar-refractivity contribution in [3.05, 3.63) is 71.4 Å². The first-order valence-corrected chi connectivity index (χ1v) is 9.44. The maximum atomic E-state index is 12.9. The second kappa shape index (κ2) is 8.28. The molecule has 7 nitrogen and oxygen atoms in total. The number of hydrogen-bond acceptors (Lipinski definition) is 6. The van der Waals surface area contributed by atoms with Crippen molar-refractivity contribution in [1.29, 1.82) is 0 Å². The van der Waals surface area contributed by atoms with Crippen molar-refractivity contribution in [2.75, 3.05) is 23.9 Å². The molecule has 0 saturated carbocycles. The molecule has 0 radical (unpaired) electrons. The number of benzene rings is 1. The number of ether oxygens (including phenoxy) is 2. The van der Waals surface area contributed by atoms with Gasteiger partial charge in [-0.15, -0.1) is 0 Å². The first kappa shape index (κ1) is 18.9. The van der Waals surface area contributed by atoms with Gasteiger partial charge in [0.15, 0.2) is 5.82 Å². The minimum atomic E-state index is -0.221. The molecule has 0 aliphatic carbocycles. The fourth-order valence-corrected chi connectivity index (χ4v) is 3.33. The summed E-state index contributed by atoms with van der Waals surface area (Å²) in [6.45, 7) is 3.35. The Hall–Kier alpha value is -3.45. The quantitative estimate of drug-likeness (QED) is 0.687. The van der Waals surface area contributed by atoms with Gasteiger partial charge in [-0.05, 0) is 24.6 Å². The Morgan fingerprint density at radius 1 is 1.07 bits per heavy atom. The van der Waals surface area contributed by atoms with Crippen LogP contribution >= 0.6 is 0 Å². The summed E-state index contributed by atoms with van der Waals surface area (Å²) < 4.78 is 11.3. The average Bonchev–Trinajstić information content (AvgIpc) is 2.88. The van der Waals surface area contributed by atoms with Crippen molar-refractivity contribution >= 4 is 23.2 Å². The molecule has 1 aromatic carbocycles. The first-order chi connectivity index (χ1) is 14.2. The number of aromatic nitrogens is 2. The molecular formula is C22H22N4O3. The normalized spacial score (nSPS) is 12.6. The molecule has 2 aromatic heterocycles. The Balaban J connectivity index is 1.71. The molecule has 1 aliphatic rings. The second-order valence-electron chi connectivity index (χ2n) is 6.57. The Morgan fingerprint density at radius 2 is 1.90 bits per heavy atom. The lowest BCUT2D eigenvalue weighted by molar-refractivity contribution is 0.102. The first-order valence-electron chi connectivity index (χ1n) is 9.44. The molecule has 148 valence electrons. The van der Waals surface area contributed by atoms with E-state index in [9.17, 15) is 4.79 Å². The predicted molar refractivity (Wildman–Crippen MR) is 111 cm³/mol. The van der Waals surface area contributed by atoms with Gasteiger partial charge in [0.2, 0.25) is 5.88 Å². The fourth-order valence-electron chi connectivity index (χ4n) is 3.33. The van der Waals surface area contributed by atoms with Crippen molar-refractivity contribution in [3.63, 3.8) is 0 Å². The van der Waals surface area contributed by atoms with Crippen molar-refractivity contribution in [2.24, 2.45) is 0 Å². The van der Waals surface area contributed by atoms with Gasteiger partial charge in [-0.3, -0.25) is 4.79 Å². The molecule has 0 fully saturated rings. The predicted octanol–water partition coefficient (Wildman–Crippen LogP) is 3.93. The highest BCUT2D eigenvalue weighted by Crippen LogP contribution is 2.39. The van der Waals surface area contributed by atoms with Crippen LogP contribution in [-0.2, 0) is 18.0 Å². The Bertz CT molecular complexity index is 1020. The zero-order valence-corrected chi connectivity index (χ0v) is 16.4. The summed E-state index contributed by atoms with van der Waals surface area (Å²) in [6.07, 6.45) is 1.67. The maximum Gasteiger partial charge on any atom is 0.259 e. The van der Waals surface area contributed by atoms with Crippen molar-refractivity contribution in [2.45, 2.75) is 20.1 Å². The third-order valence-electron chi connectivity index (χ3n) is 4.73. The highest BCUT2D eigenvalue weighted by Gasteiger charge is 2.29. The van der Waals surface area contributed by atoms with Crippen LogP contribution in [0.2, 0.25) is 0 Å². The number of nitrogens with zero attached hydrogens (tertiary/aromatic N) is 3. The molecule has 1 N–H and O–H groups in total. The molecule has 7 heteroatoms. The second-order valence-corrected chi connectivity index (χ2v) is 6.57. The molecular weight excluding hydrogens is 368 g/mol. The van der Waals surface area contributed by atoms with Crippen LogP contribution in [0.25, 0.3) is 0 Å². The molecule has 0 unspecified atom stereocenters. The number of carbonyl (C=O) groups excluding carboxylic acids is 1. The number of fused-ring (bicyclic) bond motifs is 2. The molecule has 1 aliphatic heterocycles. The van der Waals surface area contributed by atoms with Crippen molar-refractivity contribution < 1.29 is 14.3 Å². The smallest absolute Gasteiger partial charge is 0.259 e. The van der Waals surface area contributed by atoms with Gasteiger partial charge >= 0.3 is 0 Å². The van der Waals surface area contributed by atoms with Crippen LogP contribution in [0.4, 0.5) is 17.3 Å². The molecule has 3 heterocycles. The van der Waals surface area contributed by atoms with Crippen molar-refractivity contribution in [3.8, 4) is 5.88 Å². The molecule has 0 bridgehead atoms. The van der Waals surface area contributed by atoms with E-state index < -0.39 is 0 Å². The lowest BCUT2D eigenvalue weighted by atomic mass is 10.2. The standard InChI is InChI=1S/C22H22N4O3/c1-3-26-20-17(10-7-11-23-20)22(27)25-19-16(12-18(28-2)24-21(19)26)14-29-13-15-8-5-4-6-9-15/h4-12H,3,13-14H2,1-2H3,(H,25,27). The minimum Gasteiger partial charge on any atom is -0.481 e. The molecule has 29 heavy (non-hydrogen) atoms. The van der Waals surface area contributed by atoms with E-state index >= 15 is 0 Å². The summed E-state index contributed by atoms with van der Waals surface area (Å²) in [4.78, 5) is 23.8. The number of hydrogen-bond donors (Lipinski definition) is 1. The van der Waals surface area contributed by atoms with Gasteiger partial charge in [0, 0.05) is 24.4 Å². The Kier molecular flexibility index (Phi) is 5.39. The molecule has 1 amide bonds. The number of carbonyl (C=O) groups is 1. The number of amides is 1. The lowest BCUT2D eigenvalue weighted by Gasteiger charge is -2.23. The summed E-state index contributed by atoms with van der Waals surface area (Å²) in [5.41, 5.74) is 2.99. The maximum absolute atomic E-state index is 12.9. The summed E-state index contributed by atoms with van der Waals surface area (Å²) >= 11 is 0. The van der Waals surface area contributed by atoms with Gasteiger partial charge in [0.1, 0.15) is 5.82 Å². The molecule has 3 aromatic rings. The SMILES string of the molecule is CCN1c2ncccc2C(=O)Nc2c(COCc3ccccc3)cc(OC)nc21. The van der Waals surface area contributed by atoms with Gasteiger partial charge in [0.25, 0.3) is 5.91 Å². The average molecular weight is 390 g/mol. The van der Waals surface area contributed by atoms with Crippen LogP contribution < -0.4 is 15.0 Å². The van der Waals surface area contributed by atoms with Gasteiger partial charge in [-0.25, -0.2) is 4.98 Å². The van der Waals surface area contributed by atoms with E-state index in [1.165, 1.54) is 0 Å².